The van der Waals surface area contributed by atoms with Crippen LogP contribution in [-0.2, 0) is 9.59 Å². The van der Waals surface area contributed by atoms with Gasteiger partial charge in [-0.2, -0.15) is 0 Å². The number of nitrogens with one attached hydrogen (secondary N) is 2. The van der Waals surface area contributed by atoms with Gasteiger partial charge in [-0.1, -0.05) is 35.9 Å². The molecule has 1 unspecified atom stereocenters. The number of nitrogens with zero attached hydrogens (tertiary/aromatic N) is 2. The van der Waals surface area contributed by atoms with Crippen LogP contribution >= 0.6 is 11.6 Å². The van der Waals surface area contributed by atoms with Crippen LogP contribution in [0.25, 0.3) is 16.7 Å². The van der Waals surface area contributed by atoms with Crippen LogP contribution in [0.2, 0.25) is 5.02 Å². The number of rotatable bonds is 6. The second kappa shape index (κ2) is 9.02. The van der Waals surface area contributed by atoms with E-state index in [4.69, 9.17) is 11.6 Å². The first-order valence-electron chi connectivity index (χ1n) is 9.84. The largest absolute Gasteiger partial charge is 0.349 e. The van der Waals surface area contributed by atoms with Crippen molar-refractivity contribution >= 4 is 40.1 Å². The van der Waals surface area contributed by atoms with Gasteiger partial charge < -0.3 is 10.6 Å². The molecule has 4 aromatic rings. The Hall–Kier alpha value is -3.64. The van der Waals surface area contributed by atoms with Crippen molar-refractivity contribution in [2.45, 2.75) is 19.4 Å². The summed E-state index contributed by atoms with van der Waals surface area (Å²) in [6.07, 6.45) is 1.89. The van der Waals surface area contributed by atoms with Crippen LogP contribution in [0.15, 0.2) is 79.1 Å². The van der Waals surface area contributed by atoms with Crippen molar-refractivity contribution in [3.05, 3.63) is 89.7 Å². The molecule has 2 N–H and O–H groups in total. The number of aromatic nitrogens is 2. The molecule has 0 saturated carbocycles. The number of amides is 2. The topological polar surface area (TPSA) is 76.0 Å². The van der Waals surface area contributed by atoms with Gasteiger partial charge in [0.2, 0.25) is 11.8 Å². The Labute approximate surface area is 184 Å². The molecule has 3 aromatic carbocycles. The molecular weight excluding hydrogens is 412 g/mol. The Kier molecular flexibility index (Phi) is 6.00. The zero-order valence-corrected chi connectivity index (χ0v) is 17.6. The van der Waals surface area contributed by atoms with Crippen LogP contribution in [0.4, 0.5) is 5.69 Å². The number of benzene rings is 3. The maximum absolute atomic E-state index is 12.6. The highest BCUT2D eigenvalue weighted by Gasteiger charge is 2.17. The lowest BCUT2D eigenvalue weighted by molar-refractivity contribution is -0.120. The summed E-state index contributed by atoms with van der Waals surface area (Å²) < 4.78 is 1.99. The predicted molar refractivity (Wildman–Crippen MR) is 122 cm³/mol. The third-order valence-electron chi connectivity index (χ3n) is 4.92. The summed E-state index contributed by atoms with van der Waals surface area (Å²) >= 11 is 5.94. The maximum atomic E-state index is 12.6. The molecule has 156 valence electrons. The minimum atomic E-state index is -0.439. The van der Waals surface area contributed by atoms with E-state index in [9.17, 15) is 9.59 Å². The van der Waals surface area contributed by atoms with E-state index in [1.54, 1.807) is 30.6 Å². The average molecular weight is 433 g/mol. The van der Waals surface area contributed by atoms with Crippen molar-refractivity contribution in [1.82, 2.24) is 14.9 Å². The normalized spacial score (nSPS) is 11.8. The molecule has 0 bridgehead atoms. The Morgan fingerprint density at radius 2 is 1.71 bits per heavy atom. The van der Waals surface area contributed by atoms with Gasteiger partial charge in [0.25, 0.3) is 0 Å². The summed E-state index contributed by atoms with van der Waals surface area (Å²) in [4.78, 5) is 28.6. The summed E-state index contributed by atoms with van der Waals surface area (Å²) in [5, 5.41) is 6.32. The first-order valence-corrected chi connectivity index (χ1v) is 10.2. The van der Waals surface area contributed by atoms with Crippen molar-refractivity contribution < 1.29 is 9.59 Å². The molecule has 0 aliphatic rings. The van der Waals surface area contributed by atoms with Crippen molar-refractivity contribution in [3.8, 4) is 5.69 Å². The van der Waals surface area contributed by atoms with E-state index >= 15 is 0 Å². The van der Waals surface area contributed by atoms with Gasteiger partial charge in [-0.05, 0) is 54.1 Å². The zero-order valence-electron chi connectivity index (χ0n) is 16.9. The second-order valence-corrected chi connectivity index (χ2v) is 7.64. The van der Waals surface area contributed by atoms with E-state index in [2.05, 4.69) is 15.6 Å². The van der Waals surface area contributed by atoms with Crippen LogP contribution in [0.3, 0.4) is 0 Å². The molecule has 0 fully saturated rings. The number of anilines is 1. The average Bonchev–Trinajstić information content (AvgIpc) is 3.18. The van der Waals surface area contributed by atoms with Gasteiger partial charge in [-0.3, -0.25) is 14.2 Å². The molecule has 0 radical (unpaired) electrons. The highest BCUT2D eigenvalue weighted by Crippen LogP contribution is 2.22. The van der Waals surface area contributed by atoms with Crippen LogP contribution in [0.1, 0.15) is 24.9 Å². The summed E-state index contributed by atoms with van der Waals surface area (Å²) in [5.74, 6) is -0.404. The minimum Gasteiger partial charge on any atom is -0.349 e. The maximum Gasteiger partial charge on any atom is 0.226 e. The SMILES string of the molecule is CC(=O)NC(CC(=O)Nc1ccc(-n2cnc3ccccc32)cc1)c1ccc(Cl)cc1. The molecule has 0 saturated heterocycles. The van der Waals surface area contributed by atoms with E-state index < -0.39 is 6.04 Å². The fourth-order valence-electron chi connectivity index (χ4n) is 3.46. The number of halogens is 1. The minimum absolute atomic E-state index is 0.106. The van der Waals surface area contributed by atoms with Gasteiger partial charge in [0.05, 0.1) is 23.5 Å². The van der Waals surface area contributed by atoms with E-state index in [1.807, 2.05) is 53.1 Å². The molecule has 1 heterocycles. The van der Waals surface area contributed by atoms with Gasteiger partial charge in [-0.15, -0.1) is 0 Å². The van der Waals surface area contributed by atoms with Gasteiger partial charge in [0.1, 0.15) is 6.33 Å². The Balaban J connectivity index is 1.46. The molecule has 0 aliphatic carbocycles. The Morgan fingerprint density at radius 3 is 2.42 bits per heavy atom. The van der Waals surface area contributed by atoms with E-state index in [1.165, 1.54) is 6.92 Å². The number of carbonyl (C=O) groups is 2. The standard InChI is InChI=1S/C24H21ClN4O2/c1-16(30)27-22(17-6-8-18(25)9-7-17)14-24(31)28-19-10-12-20(13-11-19)29-15-26-21-4-2-3-5-23(21)29/h2-13,15,22H,14H2,1H3,(H,27,30)(H,28,31). The van der Waals surface area contributed by atoms with E-state index in [-0.39, 0.29) is 18.2 Å². The molecule has 4 rings (SSSR count). The van der Waals surface area contributed by atoms with Crippen LogP contribution in [-0.4, -0.2) is 21.4 Å². The fraction of sp³-hybridized carbons (Fsp3) is 0.125. The van der Waals surface area contributed by atoms with Gasteiger partial charge in [-0.25, -0.2) is 4.98 Å². The number of carbonyl (C=O) groups excluding carboxylic acids is 2. The van der Waals surface area contributed by atoms with E-state index in [0.29, 0.717) is 10.7 Å². The van der Waals surface area contributed by atoms with Crippen molar-refractivity contribution in [3.63, 3.8) is 0 Å². The molecular formula is C24H21ClN4O2. The summed E-state index contributed by atoms with van der Waals surface area (Å²) in [7, 11) is 0. The summed E-state index contributed by atoms with van der Waals surface area (Å²) in [6.45, 7) is 1.43. The third kappa shape index (κ3) is 4.92. The Bertz CT molecular complexity index is 1220. The fourth-order valence-corrected chi connectivity index (χ4v) is 3.59. The molecule has 2 amide bonds. The van der Waals surface area contributed by atoms with E-state index in [0.717, 1.165) is 22.3 Å². The van der Waals surface area contributed by atoms with Gasteiger partial charge in [0.15, 0.2) is 0 Å². The lowest BCUT2D eigenvalue weighted by Gasteiger charge is -2.18. The molecule has 0 aliphatic heterocycles. The molecule has 7 heteroatoms. The van der Waals surface area contributed by atoms with Crippen LogP contribution < -0.4 is 10.6 Å². The van der Waals surface area contributed by atoms with Crippen LogP contribution in [0.5, 0.6) is 0 Å². The molecule has 31 heavy (non-hydrogen) atoms. The van der Waals surface area contributed by atoms with Gasteiger partial charge >= 0.3 is 0 Å². The second-order valence-electron chi connectivity index (χ2n) is 7.21. The monoisotopic (exact) mass is 432 g/mol. The quantitative estimate of drug-likeness (QED) is 0.455. The predicted octanol–water partition coefficient (Wildman–Crippen LogP) is 4.88. The first kappa shape index (κ1) is 20.6. The van der Waals surface area contributed by atoms with Crippen molar-refractivity contribution in [2.75, 3.05) is 5.32 Å². The highest BCUT2D eigenvalue weighted by molar-refractivity contribution is 6.30. The smallest absolute Gasteiger partial charge is 0.226 e. The number of hydrogen-bond donors (Lipinski definition) is 2. The lowest BCUT2D eigenvalue weighted by atomic mass is 10.0. The van der Waals surface area contributed by atoms with Crippen LogP contribution in [0, 0.1) is 0 Å². The van der Waals surface area contributed by atoms with Gasteiger partial charge in [0, 0.05) is 23.3 Å². The third-order valence-corrected chi connectivity index (χ3v) is 5.17. The molecule has 1 aromatic heterocycles. The number of para-hydroxylation sites is 2. The number of fused-ring (bicyclic) bond motifs is 1. The van der Waals surface area contributed by atoms with Crippen molar-refractivity contribution in [1.29, 1.82) is 0 Å². The number of hydrogen-bond acceptors (Lipinski definition) is 3. The van der Waals surface area contributed by atoms with Crippen molar-refractivity contribution in [2.24, 2.45) is 0 Å². The highest BCUT2D eigenvalue weighted by atomic mass is 35.5. The first-order chi connectivity index (χ1) is 15.0. The molecule has 6 nitrogen and oxygen atoms in total. The summed E-state index contributed by atoms with van der Waals surface area (Å²) in [6, 6.07) is 22.1. The number of imidazole rings is 1. The lowest BCUT2D eigenvalue weighted by Crippen LogP contribution is -2.29. The Morgan fingerprint density at radius 1 is 1.00 bits per heavy atom. The zero-order chi connectivity index (χ0) is 21.8. The molecule has 0 spiro atoms. The molecule has 1 atom stereocenters. The summed E-state index contributed by atoms with van der Waals surface area (Å²) in [5.41, 5.74) is 4.38.